The van der Waals surface area contributed by atoms with E-state index in [-0.39, 0.29) is 30.7 Å². The van der Waals surface area contributed by atoms with Crippen LogP contribution in [0, 0.1) is 6.92 Å². The number of nitrogens with zero attached hydrogens (tertiary/aromatic N) is 4. The number of hydrogen-bond donors (Lipinski definition) is 0. The minimum atomic E-state index is -0.311. The maximum absolute atomic E-state index is 12.7. The number of ether oxygens (including phenoxy) is 2. The topological polar surface area (TPSA) is 84.9 Å². The molecule has 2 aliphatic rings. The predicted octanol–water partition coefficient (Wildman–Crippen LogP) is 1.35. The summed E-state index contributed by atoms with van der Waals surface area (Å²) in [5.74, 6) is 0.862. The van der Waals surface area contributed by atoms with Crippen LogP contribution in [0.4, 0.5) is 0 Å². The summed E-state index contributed by atoms with van der Waals surface area (Å²) < 4.78 is 10.6. The number of aromatic nitrogens is 2. The van der Waals surface area contributed by atoms with Crippen molar-refractivity contribution in [3.8, 4) is 11.5 Å². The molecule has 134 valence electrons. The van der Waals surface area contributed by atoms with Gasteiger partial charge >= 0.3 is 0 Å². The molecular weight excluding hydrogens is 336 g/mol. The minimum absolute atomic E-state index is 0.144. The van der Waals surface area contributed by atoms with Gasteiger partial charge < -0.3 is 9.47 Å². The molecule has 0 aliphatic carbocycles. The molecule has 26 heavy (non-hydrogen) atoms. The van der Waals surface area contributed by atoms with E-state index in [9.17, 15) is 9.59 Å². The summed E-state index contributed by atoms with van der Waals surface area (Å²) in [6, 6.07) is 5.42. The number of benzene rings is 1. The van der Waals surface area contributed by atoms with Gasteiger partial charge in [0.05, 0.1) is 18.3 Å². The Bertz CT molecular complexity index is 853. The summed E-state index contributed by atoms with van der Waals surface area (Å²) in [5, 5.41) is 2.95. The molecule has 0 spiro atoms. The summed E-state index contributed by atoms with van der Waals surface area (Å²) in [6.07, 6.45) is 3.90. The predicted molar refractivity (Wildman–Crippen MR) is 90.4 cm³/mol. The Labute approximate surface area is 150 Å². The largest absolute Gasteiger partial charge is 0.454 e. The second-order valence-electron chi connectivity index (χ2n) is 6.21. The van der Waals surface area contributed by atoms with Crippen molar-refractivity contribution < 1.29 is 19.1 Å². The van der Waals surface area contributed by atoms with Crippen LogP contribution >= 0.6 is 0 Å². The number of amides is 2. The highest BCUT2D eigenvalue weighted by Crippen LogP contribution is 2.32. The van der Waals surface area contributed by atoms with Gasteiger partial charge in [-0.3, -0.25) is 19.6 Å². The number of aryl methyl sites for hydroxylation is 1. The smallest absolute Gasteiger partial charge is 0.292 e. The fourth-order valence-corrected chi connectivity index (χ4v) is 3.03. The van der Waals surface area contributed by atoms with Gasteiger partial charge in [-0.2, -0.15) is 0 Å². The highest BCUT2D eigenvalue weighted by atomic mass is 16.7. The molecule has 3 heterocycles. The molecule has 2 amide bonds. The van der Waals surface area contributed by atoms with Gasteiger partial charge in [0.1, 0.15) is 5.69 Å². The monoisotopic (exact) mass is 354 g/mol. The zero-order chi connectivity index (χ0) is 18.1. The lowest BCUT2D eigenvalue weighted by Crippen LogP contribution is -2.45. The number of hydrogen-bond acceptors (Lipinski definition) is 6. The Morgan fingerprint density at radius 3 is 2.69 bits per heavy atom. The van der Waals surface area contributed by atoms with E-state index in [1.165, 1.54) is 16.2 Å². The molecule has 1 saturated heterocycles. The molecule has 0 unspecified atom stereocenters. The zero-order valence-electron chi connectivity index (χ0n) is 14.3. The van der Waals surface area contributed by atoms with E-state index in [0.717, 1.165) is 17.7 Å². The van der Waals surface area contributed by atoms with Crippen molar-refractivity contribution in [2.24, 2.45) is 0 Å². The molecule has 8 nitrogen and oxygen atoms in total. The third kappa shape index (κ3) is 3.05. The lowest BCUT2D eigenvalue weighted by atomic mass is 10.1. The fourth-order valence-electron chi connectivity index (χ4n) is 3.03. The first-order valence-electron chi connectivity index (χ1n) is 8.41. The second-order valence-corrected chi connectivity index (χ2v) is 6.21. The average molecular weight is 354 g/mol. The van der Waals surface area contributed by atoms with Gasteiger partial charge in [-0.15, -0.1) is 0 Å². The molecule has 0 N–H and O–H groups in total. The fraction of sp³-hybridized carbons (Fsp3) is 0.333. The lowest BCUT2D eigenvalue weighted by molar-refractivity contribution is -0.139. The maximum atomic E-state index is 12.7. The Kier molecular flexibility index (Phi) is 4.16. The summed E-state index contributed by atoms with van der Waals surface area (Å²) in [5.41, 5.74) is 1.78. The number of carbonyl (C=O) groups excluding carboxylic acids is 2. The van der Waals surface area contributed by atoms with Crippen molar-refractivity contribution in [3.05, 3.63) is 47.5 Å². The summed E-state index contributed by atoms with van der Waals surface area (Å²) in [4.78, 5) is 33.6. The summed E-state index contributed by atoms with van der Waals surface area (Å²) in [6.45, 7) is 2.99. The van der Waals surface area contributed by atoms with E-state index < -0.39 is 0 Å². The van der Waals surface area contributed by atoms with E-state index in [1.807, 2.05) is 6.07 Å². The molecule has 8 heteroatoms. The molecule has 1 aromatic carbocycles. The summed E-state index contributed by atoms with van der Waals surface area (Å²) in [7, 11) is 0. The number of rotatable bonds is 3. The Morgan fingerprint density at radius 1 is 1.08 bits per heavy atom. The first-order valence-corrected chi connectivity index (χ1v) is 8.41. The van der Waals surface area contributed by atoms with Crippen molar-refractivity contribution >= 4 is 11.8 Å². The SMILES string of the molecule is Cc1cnc(C(=O)N2CCCN2C(=O)Cc2ccc3c(c2)OCO3)cn1. The number of fused-ring (bicyclic) bond motifs is 1. The van der Waals surface area contributed by atoms with Gasteiger partial charge in [0, 0.05) is 19.3 Å². The van der Waals surface area contributed by atoms with E-state index in [4.69, 9.17) is 9.47 Å². The van der Waals surface area contributed by atoms with Crippen LogP contribution in [0.5, 0.6) is 11.5 Å². The van der Waals surface area contributed by atoms with Crippen LogP contribution in [0.15, 0.2) is 30.6 Å². The van der Waals surface area contributed by atoms with Crippen molar-refractivity contribution in [2.75, 3.05) is 19.9 Å². The molecule has 0 radical (unpaired) electrons. The van der Waals surface area contributed by atoms with E-state index >= 15 is 0 Å². The van der Waals surface area contributed by atoms with Gasteiger partial charge in [0.25, 0.3) is 5.91 Å². The molecule has 1 aromatic heterocycles. The van der Waals surface area contributed by atoms with Gasteiger partial charge in [-0.25, -0.2) is 9.99 Å². The van der Waals surface area contributed by atoms with Crippen LogP contribution in [0.2, 0.25) is 0 Å². The Balaban J connectivity index is 1.48. The van der Waals surface area contributed by atoms with Crippen LogP contribution in [-0.4, -0.2) is 51.7 Å². The quantitative estimate of drug-likeness (QED) is 0.827. The standard InChI is InChI=1S/C18H18N4O4/c1-12-9-20-14(10-19-12)18(24)22-6-2-5-21(22)17(23)8-13-3-4-15-16(7-13)26-11-25-15/h3-4,7,9-10H,2,5-6,8,11H2,1H3. The van der Waals surface area contributed by atoms with Crippen molar-refractivity contribution in [2.45, 2.75) is 19.8 Å². The lowest BCUT2D eigenvalue weighted by Gasteiger charge is -2.27. The highest BCUT2D eigenvalue weighted by Gasteiger charge is 2.32. The van der Waals surface area contributed by atoms with Crippen LogP contribution in [0.1, 0.15) is 28.2 Å². The molecule has 1 fully saturated rings. The van der Waals surface area contributed by atoms with Crippen molar-refractivity contribution in [1.82, 2.24) is 20.0 Å². The van der Waals surface area contributed by atoms with Crippen LogP contribution in [0.3, 0.4) is 0 Å². The van der Waals surface area contributed by atoms with Crippen LogP contribution in [-0.2, 0) is 11.2 Å². The number of carbonyl (C=O) groups is 2. The van der Waals surface area contributed by atoms with Gasteiger partial charge in [-0.05, 0) is 31.0 Å². The minimum Gasteiger partial charge on any atom is -0.454 e. The molecule has 2 aromatic rings. The molecule has 2 aliphatic heterocycles. The molecule has 4 rings (SSSR count). The van der Waals surface area contributed by atoms with Gasteiger partial charge in [0.15, 0.2) is 11.5 Å². The second kappa shape index (κ2) is 6.62. The highest BCUT2D eigenvalue weighted by molar-refractivity contribution is 5.94. The molecule has 0 bridgehead atoms. The van der Waals surface area contributed by atoms with Crippen LogP contribution in [0.25, 0.3) is 0 Å². The van der Waals surface area contributed by atoms with Gasteiger partial charge in [0.2, 0.25) is 12.7 Å². The van der Waals surface area contributed by atoms with E-state index in [2.05, 4.69) is 9.97 Å². The first kappa shape index (κ1) is 16.3. The van der Waals surface area contributed by atoms with Crippen molar-refractivity contribution in [1.29, 1.82) is 0 Å². The van der Waals surface area contributed by atoms with E-state index in [1.54, 1.807) is 25.3 Å². The van der Waals surface area contributed by atoms with Gasteiger partial charge in [-0.1, -0.05) is 6.07 Å². The van der Waals surface area contributed by atoms with Crippen LogP contribution < -0.4 is 9.47 Å². The Hall–Kier alpha value is -3.16. The van der Waals surface area contributed by atoms with Crippen molar-refractivity contribution in [3.63, 3.8) is 0 Å². The van der Waals surface area contributed by atoms with E-state index in [0.29, 0.717) is 24.6 Å². The average Bonchev–Trinajstić information content (AvgIpc) is 3.30. The summed E-state index contributed by atoms with van der Waals surface area (Å²) >= 11 is 0. The first-order chi connectivity index (χ1) is 12.6. The third-order valence-corrected chi connectivity index (χ3v) is 4.35. The number of hydrazine groups is 1. The molecule has 0 atom stereocenters. The maximum Gasteiger partial charge on any atom is 0.292 e. The normalized spacial score (nSPS) is 15.4. The third-order valence-electron chi connectivity index (χ3n) is 4.35. The molecule has 0 saturated carbocycles. The Morgan fingerprint density at radius 2 is 1.88 bits per heavy atom. The molecular formula is C18H18N4O4. The zero-order valence-corrected chi connectivity index (χ0v) is 14.3.